The number of fused-ring (bicyclic) bond motifs is 1. The molecule has 26 heavy (non-hydrogen) atoms. The minimum Gasteiger partial charge on any atom is -0.331 e. The smallest absolute Gasteiger partial charge is 0.272 e. The van der Waals surface area contributed by atoms with Gasteiger partial charge in [-0.15, -0.1) is 11.3 Å². The van der Waals surface area contributed by atoms with Crippen molar-refractivity contribution < 1.29 is 9.18 Å². The molecular formula is C20H14ClFN2OS. The van der Waals surface area contributed by atoms with E-state index in [4.69, 9.17) is 11.6 Å². The molecule has 0 unspecified atom stereocenters. The molecule has 1 amide bonds. The van der Waals surface area contributed by atoms with Gasteiger partial charge in [0.2, 0.25) is 0 Å². The second-order valence-electron chi connectivity index (χ2n) is 5.85. The van der Waals surface area contributed by atoms with E-state index >= 15 is 0 Å². The number of aromatic nitrogens is 1. The van der Waals surface area contributed by atoms with Gasteiger partial charge in [0.1, 0.15) is 11.5 Å². The normalized spacial score (nSPS) is 11.0. The molecule has 0 spiro atoms. The minimum absolute atomic E-state index is 0.252. The van der Waals surface area contributed by atoms with Crippen LogP contribution in [0.15, 0.2) is 66.0 Å². The lowest BCUT2D eigenvalue weighted by Crippen LogP contribution is -2.17. The molecular weight excluding hydrogens is 371 g/mol. The number of carbonyl (C=O) groups excluding carboxylic acids is 1. The third-order valence-electron chi connectivity index (χ3n) is 4.11. The van der Waals surface area contributed by atoms with E-state index in [1.165, 1.54) is 12.1 Å². The van der Waals surface area contributed by atoms with Crippen LogP contribution in [0, 0.1) is 5.82 Å². The highest BCUT2D eigenvalue weighted by Crippen LogP contribution is 2.28. The van der Waals surface area contributed by atoms with Crippen molar-refractivity contribution in [1.82, 2.24) is 4.57 Å². The Balaban J connectivity index is 1.72. The van der Waals surface area contributed by atoms with Crippen LogP contribution in [0.5, 0.6) is 0 Å². The number of anilines is 1. The van der Waals surface area contributed by atoms with Crippen LogP contribution >= 0.6 is 22.9 Å². The largest absolute Gasteiger partial charge is 0.331 e. The molecule has 2 aromatic heterocycles. The van der Waals surface area contributed by atoms with Crippen molar-refractivity contribution in [3.63, 3.8) is 0 Å². The van der Waals surface area contributed by atoms with Crippen molar-refractivity contribution in [3.05, 3.63) is 88.1 Å². The molecule has 0 aliphatic carbocycles. The first kappa shape index (κ1) is 16.8. The topological polar surface area (TPSA) is 34.0 Å². The Bertz CT molecular complexity index is 1100. The van der Waals surface area contributed by atoms with Gasteiger partial charge in [-0.25, -0.2) is 4.39 Å². The Kier molecular flexibility index (Phi) is 4.49. The van der Waals surface area contributed by atoms with Crippen LogP contribution in [0.4, 0.5) is 10.1 Å². The molecule has 3 nitrogen and oxygen atoms in total. The van der Waals surface area contributed by atoms with E-state index in [1.54, 1.807) is 35.6 Å². The fourth-order valence-electron chi connectivity index (χ4n) is 2.90. The molecule has 6 heteroatoms. The number of nitrogens with zero attached hydrogens (tertiary/aromatic N) is 1. The van der Waals surface area contributed by atoms with Gasteiger partial charge in [-0.1, -0.05) is 35.9 Å². The summed E-state index contributed by atoms with van der Waals surface area (Å²) in [5, 5.41) is 5.31. The molecule has 0 saturated carbocycles. The highest BCUT2D eigenvalue weighted by atomic mass is 35.5. The standard InChI is InChI=1S/C20H14ClFN2OS/c21-15-6-1-2-7-16(15)23-20(25)18-11-19-17(8-9-26-19)24(18)12-13-4-3-5-14(22)10-13/h1-11H,12H2,(H,23,25). The van der Waals surface area contributed by atoms with Gasteiger partial charge in [0.05, 0.1) is 20.9 Å². The second kappa shape index (κ2) is 6.94. The summed E-state index contributed by atoms with van der Waals surface area (Å²) in [5.74, 6) is -0.545. The number of thiophene rings is 1. The molecule has 0 atom stereocenters. The van der Waals surface area contributed by atoms with Crippen LogP contribution < -0.4 is 5.32 Å². The van der Waals surface area contributed by atoms with Crippen molar-refractivity contribution in [1.29, 1.82) is 0 Å². The van der Waals surface area contributed by atoms with Crippen LogP contribution in [0.1, 0.15) is 16.1 Å². The van der Waals surface area contributed by atoms with Crippen LogP contribution in [0.3, 0.4) is 0 Å². The molecule has 4 rings (SSSR count). The minimum atomic E-state index is -0.293. The van der Waals surface area contributed by atoms with Crippen LogP contribution in [-0.2, 0) is 6.54 Å². The van der Waals surface area contributed by atoms with Gasteiger partial charge in [0, 0.05) is 6.54 Å². The SMILES string of the molecule is O=C(Nc1ccccc1Cl)c1cc2sccc2n1Cc1cccc(F)c1. The molecule has 130 valence electrons. The maximum atomic E-state index is 13.5. The van der Waals surface area contributed by atoms with E-state index in [0.717, 1.165) is 15.8 Å². The number of rotatable bonds is 4. The first-order chi connectivity index (χ1) is 12.6. The number of hydrogen-bond donors (Lipinski definition) is 1. The Morgan fingerprint density at radius 2 is 1.96 bits per heavy atom. The summed E-state index contributed by atoms with van der Waals surface area (Å²) in [6.45, 7) is 0.406. The van der Waals surface area contributed by atoms with E-state index in [9.17, 15) is 9.18 Å². The monoisotopic (exact) mass is 384 g/mol. The van der Waals surface area contributed by atoms with Crippen molar-refractivity contribution in [2.45, 2.75) is 6.54 Å². The zero-order chi connectivity index (χ0) is 18.1. The van der Waals surface area contributed by atoms with Gasteiger partial charge in [-0.3, -0.25) is 4.79 Å². The molecule has 0 fully saturated rings. The lowest BCUT2D eigenvalue weighted by atomic mass is 10.2. The number of amides is 1. The fourth-order valence-corrected chi connectivity index (χ4v) is 3.91. The predicted molar refractivity (Wildman–Crippen MR) is 105 cm³/mol. The summed E-state index contributed by atoms with van der Waals surface area (Å²) >= 11 is 7.70. The molecule has 4 aromatic rings. The average Bonchev–Trinajstić information content (AvgIpc) is 3.20. The Hall–Kier alpha value is -2.63. The van der Waals surface area contributed by atoms with Gasteiger partial charge in [-0.2, -0.15) is 0 Å². The number of para-hydroxylation sites is 1. The van der Waals surface area contributed by atoms with Crippen LogP contribution in [-0.4, -0.2) is 10.5 Å². The summed E-state index contributed by atoms with van der Waals surface area (Å²) in [6.07, 6.45) is 0. The maximum absolute atomic E-state index is 13.5. The van der Waals surface area contributed by atoms with E-state index in [0.29, 0.717) is 22.9 Å². The number of hydrogen-bond acceptors (Lipinski definition) is 2. The van der Waals surface area contributed by atoms with Gasteiger partial charge in [0.15, 0.2) is 0 Å². The lowest BCUT2D eigenvalue weighted by Gasteiger charge is -2.12. The van der Waals surface area contributed by atoms with Crippen molar-refractivity contribution >= 4 is 44.7 Å². The zero-order valence-electron chi connectivity index (χ0n) is 13.6. The van der Waals surface area contributed by atoms with E-state index in [2.05, 4.69) is 5.32 Å². The van der Waals surface area contributed by atoms with Crippen molar-refractivity contribution in [2.24, 2.45) is 0 Å². The summed E-state index contributed by atoms with van der Waals surface area (Å²) in [4.78, 5) is 12.9. The number of carbonyl (C=O) groups is 1. The van der Waals surface area contributed by atoms with Gasteiger partial charge >= 0.3 is 0 Å². The molecule has 0 aliphatic heterocycles. The van der Waals surface area contributed by atoms with E-state index in [1.807, 2.05) is 34.2 Å². The molecule has 2 heterocycles. The lowest BCUT2D eigenvalue weighted by molar-refractivity contribution is 0.101. The molecule has 0 radical (unpaired) electrons. The first-order valence-electron chi connectivity index (χ1n) is 7.99. The Morgan fingerprint density at radius 1 is 1.12 bits per heavy atom. The Morgan fingerprint density at radius 3 is 2.77 bits per heavy atom. The van der Waals surface area contributed by atoms with Crippen molar-refractivity contribution in [3.8, 4) is 0 Å². The Labute approximate surface area is 158 Å². The predicted octanol–water partition coefficient (Wildman–Crippen LogP) is 5.80. The van der Waals surface area contributed by atoms with Gasteiger partial charge < -0.3 is 9.88 Å². The quantitative estimate of drug-likeness (QED) is 0.474. The summed E-state index contributed by atoms with van der Waals surface area (Å²) in [5.41, 5.74) is 2.81. The molecule has 0 aliphatic rings. The molecule has 2 aromatic carbocycles. The van der Waals surface area contributed by atoms with Crippen molar-refractivity contribution in [2.75, 3.05) is 5.32 Å². The number of benzene rings is 2. The number of nitrogens with one attached hydrogen (secondary N) is 1. The third kappa shape index (κ3) is 3.23. The second-order valence-corrected chi connectivity index (χ2v) is 7.20. The van der Waals surface area contributed by atoms with Gasteiger partial charge in [0.25, 0.3) is 5.91 Å². The summed E-state index contributed by atoms with van der Waals surface area (Å²) in [6, 6.07) is 17.3. The fraction of sp³-hybridized carbons (Fsp3) is 0.0500. The molecule has 1 N–H and O–H groups in total. The summed E-state index contributed by atoms with van der Waals surface area (Å²) < 4.78 is 16.4. The van der Waals surface area contributed by atoms with E-state index in [-0.39, 0.29) is 11.7 Å². The number of halogens is 2. The highest BCUT2D eigenvalue weighted by molar-refractivity contribution is 7.17. The van der Waals surface area contributed by atoms with Gasteiger partial charge in [-0.05, 0) is 47.3 Å². The molecule has 0 saturated heterocycles. The van der Waals surface area contributed by atoms with Crippen LogP contribution in [0.2, 0.25) is 5.02 Å². The zero-order valence-corrected chi connectivity index (χ0v) is 15.2. The first-order valence-corrected chi connectivity index (χ1v) is 9.24. The van der Waals surface area contributed by atoms with Crippen LogP contribution in [0.25, 0.3) is 10.2 Å². The van der Waals surface area contributed by atoms with E-state index < -0.39 is 0 Å². The average molecular weight is 385 g/mol. The highest BCUT2D eigenvalue weighted by Gasteiger charge is 2.17. The molecule has 0 bridgehead atoms. The maximum Gasteiger partial charge on any atom is 0.272 e. The third-order valence-corrected chi connectivity index (χ3v) is 5.29. The summed E-state index contributed by atoms with van der Waals surface area (Å²) in [7, 11) is 0.